The average molecular weight is 458 g/mol. The molecule has 6 nitrogen and oxygen atoms in total. The van der Waals surface area contributed by atoms with Crippen molar-refractivity contribution >= 4 is 17.3 Å². The van der Waals surface area contributed by atoms with Gasteiger partial charge in [-0.2, -0.15) is 0 Å². The van der Waals surface area contributed by atoms with E-state index in [1.807, 2.05) is 0 Å². The minimum absolute atomic E-state index is 0.631. The van der Waals surface area contributed by atoms with Crippen molar-refractivity contribution in [1.82, 2.24) is 25.3 Å². The molecule has 7 heteroatoms. The number of hydrogen-bond acceptors (Lipinski definition) is 5. The lowest BCUT2D eigenvalue weighted by atomic mass is 9.75. The number of ether oxygens (including phenoxy) is 1. The average Bonchev–Trinajstić information content (AvgIpc) is 2.84. The number of thiocarbonyl (C=S) groups is 1. The molecule has 1 aromatic carbocycles. The SMILES string of the molecule is S=C(NCCN1CCOCC1)NC[C@H]1C[C@@H]2CCN1C[C@H]2CN1CCc2ccccc2C1. The summed E-state index contributed by atoms with van der Waals surface area (Å²) in [4.78, 5) is 7.87. The first-order chi connectivity index (χ1) is 15.7. The summed E-state index contributed by atoms with van der Waals surface area (Å²) in [5.41, 5.74) is 3.09. The highest BCUT2D eigenvalue weighted by Gasteiger charge is 2.40. The molecule has 0 aliphatic carbocycles. The Balaban J connectivity index is 1.02. The van der Waals surface area contributed by atoms with Crippen molar-refractivity contribution < 1.29 is 4.74 Å². The van der Waals surface area contributed by atoms with Crippen LogP contribution in [0.5, 0.6) is 0 Å². The first-order valence-corrected chi connectivity index (χ1v) is 13.0. The summed E-state index contributed by atoms with van der Waals surface area (Å²) in [6.45, 7) is 12.8. The third-order valence-electron chi connectivity index (χ3n) is 8.03. The Hall–Kier alpha value is -1.25. The van der Waals surface area contributed by atoms with Crippen molar-refractivity contribution in [3.8, 4) is 0 Å². The van der Waals surface area contributed by atoms with Gasteiger partial charge in [0.05, 0.1) is 13.2 Å². The maximum Gasteiger partial charge on any atom is 0.166 e. The zero-order valence-corrected chi connectivity index (χ0v) is 20.1. The predicted octanol–water partition coefficient (Wildman–Crippen LogP) is 1.55. The van der Waals surface area contributed by atoms with Gasteiger partial charge >= 0.3 is 0 Å². The first-order valence-electron chi connectivity index (χ1n) is 12.6. The van der Waals surface area contributed by atoms with Gasteiger partial charge in [0.25, 0.3) is 0 Å². The minimum atomic E-state index is 0.631. The van der Waals surface area contributed by atoms with E-state index < -0.39 is 0 Å². The van der Waals surface area contributed by atoms with Crippen LogP contribution in [-0.2, 0) is 17.7 Å². The molecule has 176 valence electrons. The Morgan fingerprint density at radius 3 is 2.69 bits per heavy atom. The van der Waals surface area contributed by atoms with Gasteiger partial charge in [0.15, 0.2) is 5.11 Å². The Morgan fingerprint density at radius 2 is 1.88 bits per heavy atom. The van der Waals surface area contributed by atoms with Gasteiger partial charge in [-0.3, -0.25) is 14.7 Å². The number of nitrogens with zero attached hydrogens (tertiary/aromatic N) is 3. The van der Waals surface area contributed by atoms with Crippen molar-refractivity contribution in [2.75, 3.05) is 72.1 Å². The van der Waals surface area contributed by atoms with Crippen LogP contribution in [0.25, 0.3) is 0 Å². The summed E-state index contributed by atoms with van der Waals surface area (Å²) in [5.74, 6) is 1.69. The quantitative estimate of drug-likeness (QED) is 0.603. The predicted molar refractivity (Wildman–Crippen MR) is 133 cm³/mol. The zero-order chi connectivity index (χ0) is 21.8. The lowest BCUT2D eigenvalue weighted by Gasteiger charge is -2.51. The molecule has 5 heterocycles. The van der Waals surface area contributed by atoms with E-state index in [1.165, 1.54) is 51.0 Å². The topological polar surface area (TPSA) is 43.0 Å². The lowest BCUT2D eigenvalue weighted by molar-refractivity contribution is -0.0121. The van der Waals surface area contributed by atoms with E-state index in [9.17, 15) is 0 Å². The number of benzene rings is 1. The second kappa shape index (κ2) is 10.8. The van der Waals surface area contributed by atoms with Crippen molar-refractivity contribution in [2.45, 2.75) is 31.8 Å². The van der Waals surface area contributed by atoms with Crippen LogP contribution in [0.15, 0.2) is 24.3 Å². The second-order valence-electron chi connectivity index (χ2n) is 10.0. The lowest BCUT2D eigenvalue weighted by Crippen LogP contribution is -2.59. The van der Waals surface area contributed by atoms with E-state index in [-0.39, 0.29) is 0 Å². The molecule has 0 aromatic heterocycles. The Morgan fingerprint density at radius 1 is 1.03 bits per heavy atom. The van der Waals surface area contributed by atoms with Gasteiger partial charge in [0, 0.05) is 64.9 Å². The molecule has 2 N–H and O–H groups in total. The fourth-order valence-electron chi connectivity index (χ4n) is 6.14. The molecule has 6 rings (SSSR count). The fourth-order valence-corrected chi connectivity index (χ4v) is 6.32. The molecule has 4 fully saturated rings. The summed E-state index contributed by atoms with van der Waals surface area (Å²) in [6.07, 6.45) is 3.89. The summed E-state index contributed by atoms with van der Waals surface area (Å²) in [5, 5.41) is 7.71. The first kappa shape index (κ1) is 22.5. The molecule has 1 aromatic rings. The van der Waals surface area contributed by atoms with E-state index in [0.29, 0.717) is 6.04 Å². The van der Waals surface area contributed by atoms with Crippen molar-refractivity contribution in [3.63, 3.8) is 0 Å². The van der Waals surface area contributed by atoms with Gasteiger partial charge in [-0.25, -0.2) is 0 Å². The van der Waals surface area contributed by atoms with Gasteiger partial charge in [0.1, 0.15) is 0 Å². The van der Waals surface area contributed by atoms with Crippen molar-refractivity contribution in [2.24, 2.45) is 11.8 Å². The monoisotopic (exact) mass is 457 g/mol. The Labute approximate surface area is 198 Å². The standard InChI is InChI=1S/C25H39N5OS/c32-25(26-7-10-28-11-13-31-14-12-28)27-16-24-15-21-6-9-30(24)19-23(21)18-29-8-5-20-3-1-2-4-22(20)17-29/h1-4,21,23-24H,5-19H2,(H2,26,27,32)/t21-,23+,24+/m0/s1. The number of piperidine rings is 3. The van der Waals surface area contributed by atoms with E-state index in [0.717, 1.165) is 69.4 Å². The third-order valence-corrected chi connectivity index (χ3v) is 8.32. The molecule has 0 radical (unpaired) electrons. The van der Waals surface area contributed by atoms with Crippen LogP contribution in [0.1, 0.15) is 24.0 Å². The van der Waals surface area contributed by atoms with Crippen molar-refractivity contribution in [3.05, 3.63) is 35.4 Å². The van der Waals surface area contributed by atoms with Crippen LogP contribution >= 0.6 is 12.2 Å². The number of fused-ring (bicyclic) bond motifs is 4. The van der Waals surface area contributed by atoms with Crippen LogP contribution in [0.4, 0.5) is 0 Å². The Kier molecular flexibility index (Phi) is 7.60. The van der Waals surface area contributed by atoms with Gasteiger partial charge in [-0.15, -0.1) is 0 Å². The molecule has 4 saturated heterocycles. The molecule has 2 bridgehead atoms. The molecule has 1 unspecified atom stereocenters. The largest absolute Gasteiger partial charge is 0.379 e. The molecule has 5 aliphatic rings. The molecular formula is C25H39N5OS. The molecular weight excluding hydrogens is 418 g/mol. The second-order valence-corrected chi connectivity index (χ2v) is 10.4. The molecule has 32 heavy (non-hydrogen) atoms. The van der Waals surface area contributed by atoms with Gasteiger partial charge < -0.3 is 15.4 Å². The highest BCUT2D eigenvalue weighted by Crippen LogP contribution is 2.37. The van der Waals surface area contributed by atoms with E-state index in [4.69, 9.17) is 17.0 Å². The zero-order valence-electron chi connectivity index (χ0n) is 19.3. The number of nitrogens with one attached hydrogen (secondary N) is 2. The summed E-state index contributed by atoms with van der Waals surface area (Å²) < 4.78 is 5.41. The normalized spacial score (nSPS) is 30.6. The van der Waals surface area contributed by atoms with E-state index in [1.54, 1.807) is 5.56 Å². The van der Waals surface area contributed by atoms with Gasteiger partial charge in [-0.1, -0.05) is 24.3 Å². The van der Waals surface area contributed by atoms with Crippen LogP contribution in [0.2, 0.25) is 0 Å². The maximum absolute atomic E-state index is 5.55. The molecule has 0 saturated carbocycles. The third kappa shape index (κ3) is 5.62. The number of hydrogen-bond donors (Lipinski definition) is 2. The highest BCUT2D eigenvalue weighted by atomic mass is 32.1. The summed E-state index contributed by atoms with van der Waals surface area (Å²) in [7, 11) is 0. The Bertz CT molecular complexity index is 770. The van der Waals surface area contributed by atoms with Crippen LogP contribution in [0, 0.1) is 11.8 Å². The van der Waals surface area contributed by atoms with Crippen LogP contribution in [0.3, 0.4) is 0 Å². The van der Waals surface area contributed by atoms with Crippen LogP contribution in [-0.4, -0.2) is 98.0 Å². The van der Waals surface area contributed by atoms with Gasteiger partial charge in [-0.05, 0) is 61.0 Å². The smallest absolute Gasteiger partial charge is 0.166 e. The summed E-state index contributed by atoms with van der Waals surface area (Å²) >= 11 is 5.55. The maximum atomic E-state index is 5.55. The fraction of sp³-hybridized carbons (Fsp3) is 0.720. The van der Waals surface area contributed by atoms with Crippen LogP contribution < -0.4 is 10.6 Å². The number of morpholine rings is 1. The molecule has 0 spiro atoms. The molecule has 5 aliphatic heterocycles. The molecule has 0 amide bonds. The van der Waals surface area contributed by atoms with Gasteiger partial charge in [0.2, 0.25) is 0 Å². The molecule has 4 atom stereocenters. The highest BCUT2D eigenvalue weighted by molar-refractivity contribution is 7.80. The van der Waals surface area contributed by atoms with E-state index >= 15 is 0 Å². The summed E-state index contributed by atoms with van der Waals surface area (Å²) in [6, 6.07) is 9.63. The van der Waals surface area contributed by atoms with Crippen molar-refractivity contribution in [1.29, 1.82) is 0 Å². The van der Waals surface area contributed by atoms with E-state index in [2.05, 4.69) is 49.6 Å². The minimum Gasteiger partial charge on any atom is -0.379 e. The number of rotatable bonds is 7.